The first-order valence-electron chi connectivity index (χ1n) is 5.62. The predicted octanol–water partition coefficient (Wildman–Crippen LogP) is 4.22. The molecule has 1 aromatic rings. The van der Waals surface area contributed by atoms with Crippen molar-refractivity contribution in [3.8, 4) is 0 Å². The average Bonchev–Trinajstić information content (AvgIpc) is 2.95. The highest BCUT2D eigenvalue weighted by Gasteiger charge is 2.38. The molecule has 0 saturated heterocycles. The van der Waals surface area contributed by atoms with Crippen molar-refractivity contribution in [3.63, 3.8) is 0 Å². The summed E-state index contributed by atoms with van der Waals surface area (Å²) < 4.78 is 52.7. The first kappa shape index (κ1) is 12.4. The molecule has 1 aliphatic rings. The molecule has 17 heavy (non-hydrogen) atoms. The van der Waals surface area contributed by atoms with Crippen molar-refractivity contribution < 1.29 is 17.6 Å². The first-order valence-corrected chi connectivity index (χ1v) is 5.62. The molecule has 0 bridgehead atoms. The fourth-order valence-electron chi connectivity index (χ4n) is 2.04. The summed E-state index contributed by atoms with van der Waals surface area (Å²) in [7, 11) is 0. The van der Waals surface area contributed by atoms with Gasteiger partial charge in [-0.25, -0.2) is 17.6 Å². The minimum absolute atomic E-state index is 0.0868. The molecule has 0 atom stereocenters. The van der Waals surface area contributed by atoms with Crippen molar-refractivity contribution in [1.29, 1.82) is 0 Å². The summed E-state index contributed by atoms with van der Waals surface area (Å²) in [6.07, 6.45) is -4.15. The van der Waals surface area contributed by atoms with Crippen LogP contribution in [0.5, 0.6) is 0 Å². The Bertz CT molecular complexity index is 379. The largest absolute Gasteiger partial charge is 0.282 e. The van der Waals surface area contributed by atoms with Crippen LogP contribution in [-0.4, -0.2) is 9.78 Å². The van der Waals surface area contributed by atoms with Crippen LogP contribution in [-0.2, 0) is 0 Å². The number of rotatable bonds is 4. The maximum Gasteiger partial charge on any atom is 0.282 e. The van der Waals surface area contributed by atoms with Crippen LogP contribution in [0.1, 0.15) is 68.5 Å². The fraction of sp³-hybridized carbons (Fsp3) is 0.727. The topological polar surface area (TPSA) is 17.8 Å². The SMILES string of the molecule is CC(C)n1nc(C(F)F)c(C2CC2)c1C(F)F. The Morgan fingerprint density at radius 1 is 1.12 bits per heavy atom. The Labute approximate surface area is 96.6 Å². The zero-order chi connectivity index (χ0) is 12.7. The van der Waals surface area contributed by atoms with Crippen LogP contribution in [0, 0.1) is 0 Å². The molecule has 0 radical (unpaired) electrons. The van der Waals surface area contributed by atoms with E-state index in [0.717, 1.165) is 4.68 Å². The molecule has 1 saturated carbocycles. The summed E-state index contributed by atoms with van der Waals surface area (Å²) in [6.45, 7) is 3.32. The molecule has 1 aliphatic carbocycles. The van der Waals surface area contributed by atoms with Crippen molar-refractivity contribution in [2.24, 2.45) is 0 Å². The molecule has 0 aliphatic heterocycles. The average molecular weight is 250 g/mol. The molecular formula is C11H14F4N2. The number of nitrogens with zero attached hydrogens (tertiary/aromatic N) is 2. The Hall–Kier alpha value is -1.07. The minimum atomic E-state index is -2.79. The van der Waals surface area contributed by atoms with E-state index >= 15 is 0 Å². The van der Waals surface area contributed by atoms with Gasteiger partial charge in [-0.1, -0.05) is 0 Å². The van der Waals surface area contributed by atoms with E-state index in [1.165, 1.54) is 0 Å². The lowest BCUT2D eigenvalue weighted by Gasteiger charge is -2.11. The van der Waals surface area contributed by atoms with Gasteiger partial charge in [-0.3, -0.25) is 4.68 Å². The van der Waals surface area contributed by atoms with Crippen LogP contribution >= 0.6 is 0 Å². The van der Waals surface area contributed by atoms with Crippen molar-refractivity contribution in [1.82, 2.24) is 9.78 Å². The Kier molecular flexibility index (Phi) is 3.14. The third-order valence-electron chi connectivity index (χ3n) is 2.90. The molecule has 2 nitrogen and oxygen atoms in total. The highest BCUT2D eigenvalue weighted by Crippen LogP contribution is 2.47. The standard InChI is InChI=1S/C11H14F4N2/c1-5(2)17-9(11(14)15)7(6-3-4-6)8(16-17)10(12)13/h5-6,10-11H,3-4H2,1-2H3. The predicted molar refractivity (Wildman–Crippen MR) is 54.5 cm³/mol. The second-order valence-corrected chi connectivity index (χ2v) is 4.60. The zero-order valence-electron chi connectivity index (χ0n) is 9.63. The van der Waals surface area contributed by atoms with E-state index in [1.54, 1.807) is 13.8 Å². The lowest BCUT2D eigenvalue weighted by atomic mass is 10.1. The van der Waals surface area contributed by atoms with Crippen LogP contribution in [0.4, 0.5) is 17.6 Å². The number of aromatic nitrogens is 2. The van der Waals surface area contributed by atoms with Crippen molar-refractivity contribution in [2.45, 2.75) is 51.5 Å². The van der Waals surface area contributed by atoms with Crippen LogP contribution < -0.4 is 0 Å². The monoisotopic (exact) mass is 250 g/mol. The van der Waals surface area contributed by atoms with E-state index in [4.69, 9.17) is 0 Å². The Morgan fingerprint density at radius 2 is 1.71 bits per heavy atom. The molecule has 0 aromatic carbocycles. The number of alkyl halides is 4. The second kappa shape index (κ2) is 4.31. The van der Waals surface area contributed by atoms with Gasteiger partial charge in [-0.15, -0.1) is 0 Å². The van der Waals surface area contributed by atoms with E-state index < -0.39 is 18.5 Å². The van der Waals surface area contributed by atoms with Gasteiger partial charge in [-0.05, 0) is 32.6 Å². The maximum atomic E-state index is 13.0. The summed E-state index contributed by atoms with van der Waals surface area (Å²) in [6, 6.07) is -0.344. The highest BCUT2D eigenvalue weighted by molar-refractivity contribution is 5.35. The lowest BCUT2D eigenvalue weighted by molar-refractivity contribution is 0.136. The van der Waals surface area contributed by atoms with Crippen LogP contribution in [0.3, 0.4) is 0 Å². The summed E-state index contributed by atoms with van der Waals surface area (Å²) >= 11 is 0. The molecule has 6 heteroatoms. The van der Waals surface area contributed by atoms with Gasteiger partial charge in [0.25, 0.3) is 12.9 Å². The molecule has 96 valence electrons. The zero-order valence-corrected chi connectivity index (χ0v) is 9.63. The molecule has 1 heterocycles. The van der Waals surface area contributed by atoms with Crippen LogP contribution in [0.15, 0.2) is 0 Å². The molecule has 0 spiro atoms. The van der Waals surface area contributed by atoms with Gasteiger partial charge in [0.15, 0.2) is 0 Å². The Balaban J connectivity index is 2.57. The molecule has 0 amide bonds. The first-order chi connectivity index (χ1) is 7.93. The van der Waals surface area contributed by atoms with Crippen molar-refractivity contribution in [3.05, 3.63) is 17.0 Å². The Morgan fingerprint density at radius 3 is 2.06 bits per heavy atom. The molecule has 1 fully saturated rings. The van der Waals surface area contributed by atoms with Gasteiger partial charge in [-0.2, -0.15) is 5.10 Å². The minimum Gasteiger partial charge on any atom is -0.261 e. The van der Waals surface area contributed by atoms with Gasteiger partial charge < -0.3 is 0 Å². The van der Waals surface area contributed by atoms with E-state index in [0.29, 0.717) is 12.8 Å². The number of halogens is 4. The number of hydrogen-bond acceptors (Lipinski definition) is 1. The third kappa shape index (κ3) is 2.17. The maximum absolute atomic E-state index is 13.0. The van der Waals surface area contributed by atoms with Gasteiger partial charge >= 0.3 is 0 Å². The quantitative estimate of drug-likeness (QED) is 0.732. The molecule has 0 unspecified atom stereocenters. The summed E-state index contributed by atoms with van der Waals surface area (Å²) in [5.41, 5.74) is -0.696. The van der Waals surface area contributed by atoms with E-state index in [2.05, 4.69) is 5.10 Å². The van der Waals surface area contributed by atoms with Crippen molar-refractivity contribution in [2.75, 3.05) is 0 Å². The summed E-state index contributed by atoms with van der Waals surface area (Å²) in [4.78, 5) is 0. The van der Waals surface area contributed by atoms with E-state index in [9.17, 15) is 17.6 Å². The van der Waals surface area contributed by atoms with E-state index in [-0.39, 0.29) is 23.2 Å². The number of hydrogen-bond donors (Lipinski definition) is 0. The highest BCUT2D eigenvalue weighted by atomic mass is 19.3. The molecular weight excluding hydrogens is 236 g/mol. The van der Waals surface area contributed by atoms with Gasteiger partial charge in [0.2, 0.25) is 0 Å². The van der Waals surface area contributed by atoms with Crippen LogP contribution in [0.2, 0.25) is 0 Å². The fourth-order valence-corrected chi connectivity index (χ4v) is 2.04. The molecule has 0 N–H and O–H groups in total. The third-order valence-corrected chi connectivity index (χ3v) is 2.90. The van der Waals surface area contributed by atoms with Crippen LogP contribution in [0.25, 0.3) is 0 Å². The normalized spacial score (nSPS) is 16.5. The van der Waals surface area contributed by atoms with Gasteiger partial charge in [0, 0.05) is 11.6 Å². The van der Waals surface area contributed by atoms with Crippen molar-refractivity contribution >= 4 is 0 Å². The van der Waals surface area contributed by atoms with Gasteiger partial charge in [0.05, 0.1) is 0 Å². The van der Waals surface area contributed by atoms with E-state index in [1.807, 2.05) is 0 Å². The van der Waals surface area contributed by atoms with Gasteiger partial charge in [0.1, 0.15) is 11.4 Å². The smallest absolute Gasteiger partial charge is 0.261 e. The molecule has 1 aromatic heterocycles. The summed E-state index contributed by atoms with van der Waals surface area (Å²) in [5.74, 6) is -0.157. The second-order valence-electron chi connectivity index (χ2n) is 4.60. The lowest BCUT2D eigenvalue weighted by Crippen LogP contribution is -2.08. The molecule has 2 rings (SSSR count). The summed E-state index contributed by atoms with van der Waals surface area (Å²) in [5, 5.41) is 3.68.